The van der Waals surface area contributed by atoms with Crippen LogP contribution < -0.4 is 4.74 Å². The molecule has 1 aromatic heterocycles. The lowest BCUT2D eigenvalue weighted by molar-refractivity contribution is 0.387. The highest BCUT2D eigenvalue weighted by atomic mass is 32.1. The summed E-state index contributed by atoms with van der Waals surface area (Å²) in [4.78, 5) is 0. The van der Waals surface area contributed by atoms with Crippen LogP contribution >= 0.6 is 11.3 Å². The molecule has 0 radical (unpaired) electrons. The highest BCUT2D eigenvalue weighted by Crippen LogP contribution is 2.29. The average molecular weight is 210 g/mol. The fraction of sp³-hybridized carbons (Fsp3) is 0.111. The standard InChI is InChI=1S/C9H7FN2OS/c1-13-7-4-2-3-6(8(7)10)9-12-11-5-14-9/h2-5H,1H3. The van der Waals surface area contributed by atoms with Gasteiger partial charge in [0.05, 0.1) is 12.7 Å². The van der Waals surface area contributed by atoms with Crippen LogP contribution in [0.3, 0.4) is 0 Å². The second-order valence-electron chi connectivity index (χ2n) is 2.57. The number of hydrogen-bond acceptors (Lipinski definition) is 4. The van der Waals surface area contributed by atoms with E-state index in [1.165, 1.54) is 18.4 Å². The first kappa shape index (κ1) is 9.08. The Morgan fingerprint density at radius 1 is 1.43 bits per heavy atom. The zero-order valence-electron chi connectivity index (χ0n) is 7.40. The van der Waals surface area contributed by atoms with Gasteiger partial charge in [-0.3, -0.25) is 0 Å². The molecule has 2 rings (SSSR count). The van der Waals surface area contributed by atoms with Gasteiger partial charge in [-0.15, -0.1) is 10.2 Å². The molecule has 0 aliphatic carbocycles. The summed E-state index contributed by atoms with van der Waals surface area (Å²) in [5.74, 6) is -0.176. The van der Waals surface area contributed by atoms with Gasteiger partial charge in [-0.05, 0) is 12.1 Å². The summed E-state index contributed by atoms with van der Waals surface area (Å²) in [6.45, 7) is 0. The average Bonchev–Trinajstić information content (AvgIpc) is 2.71. The summed E-state index contributed by atoms with van der Waals surface area (Å²) >= 11 is 1.29. The largest absolute Gasteiger partial charge is 0.494 e. The molecule has 0 saturated heterocycles. The third-order valence-electron chi connectivity index (χ3n) is 1.77. The van der Waals surface area contributed by atoms with Gasteiger partial charge in [-0.25, -0.2) is 4.39 Å². The van der Waals surface area contributed by atoms with Gasteiger partial charge in [0.15, 0.2) is 16.6 Å². The first-order valence-electron chi connectivity index (χ1n) is 3.92. The molecule has 0 N–H and O–H groups in total. The van der Waals surface area contributed by atoms with Crippen molar-refractivity contribution in [2.75, 3.05) is 7.11 Å². The van der Waals surface area contributed by atoms with E-state index in [-0.39, 0.29) is 5.75 Å². The molecule has 0 spiro atoms. The van der Waals surface area contributed by atoms with Crippen molar-refractivity contribution in [1.82, 2.24) is 10.2 Å². The van der Waals surface area contributed by atoms with E-state index in [2.05, 4.69) is 10.2 Å². The summed E-state index contributed by atoms with van der Waals surface area (Å²) in [6.07, 6.45) is 0. The molecule has 72 valence electrons. The molecule has 5 heteroatoms. The van der Waals surface area contributed by atoms with Gasteiger partial charge in [0, 0.05) is 0 Å². The number of aromatic nitrogens is 2. The van der Waals surface area contributed by atoms with Crippen LogP contribution in [-0.2, 0) is 0 Å². The van der Waals surface area contributed by atoms with Crippen LogP contribution in [0.4, 0.5) is 4.39 Å². The van der Waals surface area contributed by atoms with Gasteiger partial charge >= 0.3 is 0 Å². The molecule has 0 atom stereocenters. The number of nitrogens with zero attached hydrogens (tertiary/aromatic N) is 2. The Hall–Kier alpha value is -1.49. The lowest BCUT2D eigenvalue weighted by atomic mass is 10.2. The normalized spacial score (nSPS) is 10.1. The molecular formula is C9H7FN2OS. The Morgan fingerprint density at radius 3 is 2.93 bits per heavy atom. The van der Waals surface area contributed by atoms with Crippen molar-refractivity contribution >= 4 is 11.3 Å². The molecule has 1 aromatic carbocycles. The predicted octanol–water partition coefficient (Wildman–Crippen LogP) is 2.35. The Balaban J connectivity index is 2.54. The number of rotatable bonds is 2. The molecular weight excluding hydrogens is 203 g/mol. The van der Waals surface area contributed by atoms with E-state index in [0.29, 0.717) is 10.6 Å². The maximum Gasteiger partial charge on any atom is 0.175 e. The molecule has 0 fully saturated rings. The number of methoxy groups -OCH3 is 1. The molecule has 0 amide bonds. The molecule has 1 heterocycles. The molecule has 2 aromatic rings. The molecule has 0 unspecified atom stereocenters. The maximum absolute atomic E-state index is 13.7. The predicted molar refractivity (Wildman–Crippen MR) is 51.9 cm³/mol. The van der Waals surface area contributed by atoms with E-state index >= 15 is 0 Å². The highest BCUT2D eigenvalue weighted by molar-refractivity contribution is 7.12. The van der Waals surface area contributed by atoms with E-state index in [4.69, 9.17) is 4.74 Å². The van der Waals surface area contributed by atoms with E-state index in [0.717, 1.165) is 0 Å². The van der Waals surface area contributed by atoms with Crippen molar-refractivity contribution in [1.29, 1.82) is 0 Å². The van der Waals surface area contributed by atoms with Gasteiger partial charge in [-0.1, -0.05) is 17.4 Å². The lowest BCUT2D eigenvalue weighted by Gasteiger charge is -2.03. The van der Waals surface area contributed by atoms with Crippen LogP contribution in [0.2, 0.25) is 0 Å². The smallest absolute Gasteiger partial charge is 0.175 e. The van der Waals surface area contributed by atoms with Crippen molar-refractivity contribution in [2.45, 2.75) is 0 Å². The highest BCUT2D eigenvalue weighted by Gasteiger charge is 2.12. The van der Waals surface area contributed by atoms with Crippen LogP contribution in [0.25, 0.3) is 10.6 Å². The minimum atomic E-state index is -0.397. The zero-order chi connectivity index (χ0) is 9.97. The summed E-state index contributed by atoms with van der Waals surface area (Å²) in [6, 6.07) is 4.94. The lowest BCUT2D eigenvalue weighted by Crippen LogP contribution is -1.90. The Morgan fingerprint density at radius 2 is 2.29 bits per heavy atom. The first-order valence-corrected chi connectivity index (χ1v) is 4.80. The van der Waals surface area contributed by atoms with Gasteiger partial charge in [-0.2, -0.15) is 0 Å². The number of benzene rings is 1. The van der Waals surface area contributed by atoms with Crippen molar-refractivity contribution < 1.29 is 9.13 Å². The third kappa shape index (κ3) is 1.46. The van der Waals surface area contributed by atoms with Gasteiger partial charge < -0.3 is 4.74 Å². The Labute approximate surface area is 84.2 Å². The topological polar surface area (TPSA) is 35.0 Å². The minimum absolute atomic E-state index is 0.220. The van der Waals surface area contributed by atoms with E-state index in [9.17, 15) is 4.39 Å². The van der Waals surface area contributed by atoms with Crippen molar-refractivity contribution in [3.05, 3.63) is 29.5 Å². The number of halogens is 1. The van der Waals surface area contributed by atoms with Crippen molar-refractivity contribution in [2.24, 2.45) is 0 Å². The quantitative estimate of drug-likeness (QED) is 0.763. The fourth-order valence-corrected chi connectivity index (χ4v) is 1.70. The molecule has 14 heavy (non-hydrogen) atoms. The molecule has 0 aliphatic heterocycles. The van der Waals surface area contributed by atoms with E-state index in [1.54, 1.807) is 23.7 Å². The maximum atomic E-state index is 13.7. The third-order valence-corrected chi connectivity index (χ3v) is 2.50. The van der Waals surface area contributed by atoms with Crippen LogP contribution in [0.5, 0.6) is 5.75 Å². The number of hydrogen-bond donors (Lipinski definition) is 0. The molecule has 3 nitrogen and oxygen atoms in total. The van der Waals surface area contributed by atoms with Crippen LogP contribution in [-0.4, -0.2) is 17.3 Å². The SMILES string of the molecule is COc1cccc(-c2nncs2)c1F. The Bertz CT molecular complexity index is 430. The Kier molecular flexibility index (Phi) is 2.41. The number of ether oxygens (including phenoxy) is 1. The molecule has 0 bridgehead atoms. The monoisotopic (exact) mass is 210 g/mol. The van der Waals surface area contributed by atoms with Gasteiger partial charge in [0.25, 0.3) is 0 Å². The van der Waals surface area contributed by atoms with Crippen LogP contribution in [0.1, 0.15) is 0 Å². The summed E-state index contributed by atoms with van der Waals surface area (Å²) in [5, 5.41) is 8.01. The van der Waals surface area contributed by atoms with Crippen LogP contribution in [0.15, 0.2) is 23.7 Å². The molecule has 0 saturated carbocycles. The van der Waals surface area contributed by atoms with Crippen molar-refractivity contribution in [3.8, 4) is 16.3 Å². The zero-order valence-corrected chi connectivity index (χ0v) is 8.21. The second kappa shape index (κ2) is 3.71. The fourth-order valence-electron chi connectivity index (χ4n) is 1.12. The van der Waals surface area contributed by atoms with Gasteiger partial charge in [0.2, 0.25) is 0 Å². The second-order valence-corrected chi connectivity index (χ2v) is 3.40. The summed E-state index contributed by atoms with van der Waals surface area (Å²) < 4.78 is 18.5. The molecule has 0 aliphatic rings. The van der Waals surface area contributed by atoms with Gasteiger partial charge in [0.1, 0.15) is 5.51 Å². The van der Waals surface area contributed by atoms with E-state index < -0.39 is 5.82 Å². The van der Waals surface area contributed by atoms with E-state index in [1.807, 2.05) is 0 Å². The van der Waals surface area contributed by atoms with Crippen molar-refractivity contribution in [3.63, 3.8) is 0 Å². The summed E-state index contributed by atoms with van der Waals surface area (Å²) in [5.41, 5.74) is 1.99. The van der Waals surface area contributed by atoms with Crippen LogP contribution in [0, 0.1) is 5.82 Å². The summed E-state index contributed by atoms with van der Waals surface area (Å²) in [7, 11) is 1.43. The minimum Gasteiger partial charge on any atom is -0.494 e. The first-order chi connectivity index (χ1) is 6.83.